The molecule has 4 aromatic rings. The van der Waals surface area contributed by atoms with E-state index in [9.17, 15) is 4.79 Å². The van der Waals surface area contributed by atoms with Crippen molar-refractivity contribution in [2.45, 2.75) is 6.92 Å². The summed E-state index contributed by atoms with van der Waals surface area (Å²) in [7, 11) is 1.77. The summed E-state index contributed by atoms with van der Waals surface area (Å²) >= 11 is 6.08. The highest BCUT2D eigenvalue weighted by atomic mass is 35.5. The molecule has 0 unspecified atom stereocenters. The van der Waals surface area contributed by atoms with E-state index in [1.165, 1.54) is 0 Å². The molecule has 2 aromatic carbocycles. The Morgan fingerprint density at radius 1 is 1.20 bits per heavy atom. The lowest BCUT2D eigenvalue weighted by atomic mass is 9.98. The van der Waals surface area contributed by atoms with Gasteiger partial charge in [-0.25, -0.2) is 4.98 Å². The van der Waals surface area contributed by atoms with Gasteiger partial charge in [0.25, 0.3) is 0 Å². The number of aromatic amines is 1. The van der Waals surface area contributed by atoms with Gasteiger partial charge in [-0.2, -0.15) is 5.10 Å². The third-order valence-corrected chi connectivity index (χ3v) is 4.51. The van der Waals surface area contributed by atoms with Crippen LogP contribution in [0.25, 0.3) is 22.0 Å². The van der Waals surface area contributed by atoms with Gasteiger partial charge in [0.15, 0.2) is 5.82 Å². The van der Waals surface area contributed by atoms with Crippen LogP contribution in [0.4, 0.5) is 0 Å². The number of fused-ring (bicyclic) bond motifs is 1. The molecule has 0 atom stereocenters. The van der Waals surface area contributed by atoms with Crippen molar-refractivity contribution in [2.75, 3.05) is 0 Å². The number of aromatic nitrogens is 4. The first-order valence-electron chi connectivity index (χ1n) is 7.82. The molecule has 0 amide bonds. The molecular weight excluding hydrogens is 336 g/mol. The minimum absolute atomic E-state index is 0.181. The van der Waals surface area contributed by atoms with E-state index in [-0.39, 0.29) is 5.78 Å². The Labute approximate surface area is 149 Å². The smallest absolute Gasteiger partial charge is 0.246 e. The number of carbonyl (C=O) groups excluding carboxylic acids is 1. The van der Waals surface area contributed by atoms with Crippen molar-refractivity contribution in [3.63, 3.8) is 0 Å². The average Bonchev–Trinajstić information content (AvgIpc) is 3.21. The van der Waals surface area contributed by atoms with Crippen molar-refractivity contribution in [3.05, 3.63) is 70.9 Å². The molecule has 124 valence electrons. The van der Waals surface area contributed by atoms with E-state index in [1.807, 2.05) is 43.3 Å². The second-order valence-corrected chi connectivity index (χ2v) is 6.34. The molecule has 0 aliphatic heterocycles. The van der Waals surface area contributed by atoms with Crippen molar-refractivity contribution in [3.8, 4) is 11.1 Å². The summed E-state index contributed by atoms with van der Waals surface area (Å²) in [6.07, 6.45) is 3.20. The number of hydrogen-bond donors (Lipinski definition) is 1. The first-order chi connectivity index (χ1) is 12.1. The van der Waals surface area contributed by atoms with Crippen LogP contribution in [0.1, 0.15) is 21.9 Å². The fourth-order valence-corrected chi connectivity index (χ4v) is 3.36. The molecule has 0 aliphatic rings. The van der Waals surface area contributed by atoms with Gasteiger partial charge in [-0.3, -0.25) is 9.48 Å². The number of rotatable bonds is 3. The van der Waals surface area contributed by atoms with Crippen molar-refractivity contribution in [1.29, 1.82) is 0 Å². The van der Waals surface area contributed by atoms with E-state index in [2.05, 4.69) is 15.1 Å². The number of ketones is 1. The van der Waals surface area contributed by atoms with Crippen molar-refractivity contribution in [2.24, 2.45) is 7.05 Å². The van der Waals surface area contributed by atoms with Crippen molar-refractivity contribution in [1.82, 2.24) is 19.7 Å². The predicted molar refractivity (Wildman–Crippen MR) is 97.9 cm³/mol. The second kappa shape index (κ2) is 5.86. The third kappa shape index (κ3) is 2.53. The summed E-state index contributed by atoms with van der Waals surface area (Å²) in [6, 6.07) is 11.6. The Morgan fingerprint density at radius 3 is 2.76 bits per heavy atom. The van der Waals surface area contributed by atoms with Crippen LogP contribution in [0.5, 0.6) is 0 Å². The van der Waals surface area contributed by atoms with Gasteiger partial charge in [-0.05, 0) is 30.2 Å². The van der Waals surface area contributed by atoms with E-state index in [0.29, 0.717) is 16.5 Å². The highest BCUT2D eigenvalue weighted by Crippen LogP contribution is 2.33. The van der Waals surface area contributed by atoms with Gasteiger partial charge in [-0.1, -0.05) is 35.9 Å². The molecule has 0 aliphatic carbocycles. The summed E-state index contributed by atoms with van der Waals surface area (Å²) in [5.41, 5.74) is 4.37. The minimum atomic E-state index is -0.181. The van der Waals surface area contributed by atoms with Crippen molar-refractivity contribution >= 4 is 28.3 Å². The monoisotopic (exact) mass is 350 g/mol. The van der Waals surface area contributed by atoms with Gasteiger partial charge in [0, 0.05) is 35.4 Å². The summed E-state index contributed by atoms with van der Waals surface area (Å²) in [5.74, 6) is 0.123. The Balaban J connectivity index is 1.95. The van der Waals surface area contributed by atoms with Crippen LogP contribution in [0.2, 0.25) is 5.02 Å². The zero-order valence-electron chi connectivity index (χ0n) is 13.7. The van der Waals surface area contributed by atoms with Crippen LogP contribution in [0.15, 0.2) is 48.8 Å². The third-order valence-electron chi connectivity index (χ3n) is 4.27. The van der Waals surface area contributed by atoms with Crippen LogP contribution >= 0.6 is 11.6 Å². The molecule has 0 radical (unpaired) electrons. The van der Waals surface area contributed by atoms with Crippen LogP contribution < -0.4 is 0 Å². The maximum absolute atomic E-state index is 12.8. The van der Waals surface area contributed by atoms with E-state index in [4.69, 9.17) is 11.6 Å². The normalized spacial score (nSPS) is 11.2. The molecule has 25 heavy (non-hydrogen) atoms. The summed E-state index contributed by atoms with van der Waals surface area (Å²) < 4.78 is 1.62. The number of H-pyrrole nitrogens is 1. The average molecular weight is 351 g/mol. The number of imidazole rings is 1. The fourth-order valence-electron chi connectivity index (χ4n) is 3.13. The molecule has 6 heteroatoms. The Bertz CT molecular complexity index is 1100. The molecule has 0 spiro atoms. The highest BCUT2D eigenvalue weighted by molar-refractivity contribution is 6.30. The summed E-state index contributed by atoms with van der Waals surface area (Å²) in [5, 5.41) is 6.10. The predicted octanol–water partition coefficient (Wildman–Crippen LogP) is 4.16. The zero-order valence-corrected chi connectivity index (χ0v) is 14.5. The minimum Gasteiger partial charge on any atom is -0.342 e. The molecular formula is C19H15ClN4O. The SMILES string of the molecule is Cc1cc(Cl)ccc1-c1cccc2c(C(=O)c3ncc[nH]3)n(C)nc12. The van der Waals surface area contributed by atoms with Gasteiger partial charge < -0.3 is 4.98 Å². The van der Waals surface area contributed by atoms with Gasteiger partial charge in [0.05, 0.1) is 0 Å². The van der Waals surface area contributed by atoms with Crippen LogP contribution in [0, 0.1) is 6.92 Å². The zero-order chi connectivity index (χ0) is 17.6. The summed E-state index contributed by atoms with van der Waals surface area (Å²) in [6.45, 7) is 2.01. The van der Waals surface area contributed by atoms with Crippen LogP contribution in [-0.4, -0.2) is 25.5 Å². The number of benzene rings is 2. The van der Waals surface area contributed by atoms with E-state index < -0.39 is 0 Å². The number of halogens is 1. The van der Waals surface area contributed by atoms with Gasteiger partial charge >= 0.3 is 0 Å². The molecule has 0 fully saturated rings. The lowest BCUT2D eigenvalue weighted by Crippen LogP contribution is -2.10. The van der Waals surface area contributed by atoms with Crippen molar-refractivity contribution < 1.29 is 4.79 Å². The highest BCUT2D eigenvalue weighted by Gasteiger charge is 2.22. The molecule has 1 N–H and O–H groups in total. The first kappa shape index (κ1) is 15.6. The molecule has 0 saturated heterocycles. The van der Waals surface area contributed by atoms with E-state index in [1.54, 1.807) is 24.1 Å². The molecule has 4 rings (SSSR count). The molecule has 0 bridgehead atoms. The lowest BCUT2D eigenvalue weighted by molar-refractivity contribution is 0.102. The van der Waals surface area contributed by atoms with Crippen LogP contribution in [-0.2, 0) is 7.05 Å². The summed E-state index contributed by atoms with van der Waals surface area (Å²) in [4.78, 5) is 19.7. The largest absolute Gasteiger partial charge is 0.342 e. The Hall–Kier alpha value is -2.92. The van der Waals surface area contributed by atoms with Crippen LogP contribution in [0.3, 0.4) is 0 Å². The Morgan fingerprint density at radius 2 is 2.04 bits per heavy atom. The number of nitrogens with zero attached hydrogens (tertiary/aromatic N) is 3. The molecule has 5 nitrogen and oxygen atoms in total. The Kier molecular flexibility index (Phi) is 3.66. The van der Waals surface area contributed by atoms with Gasteiger partial charge in [0.2, 0.25) is 5.78 Å². The second-order valence-electron chi connectivity index (χ2n) is 5.90. The van der Waals surface area contributed by atoms with E-state index >= 15 is 0 Å². The molecule has 2 aromatic heterocycles. The number of hydrogen-bond acceptors (Lipinski definition) is 3. The standard InChI is InChI=1S/C19H15ClN4O/c1-11-10-12(20)6-7-13(11)14-4-3-5-15-16(14)23-24(2)17(15)18(25)19-21-8-9-22-19/h3-10H,1-2H3,(H,21,22). The number of aryl methyl sites for hydroxylation is 2. The number of carbonyl (C=O) groups is 1. The van der Waals surface area contributed by atoms with E-state index in [0.717, 1.165) is 27.6 Å². The number of nitrogens with one attached hydrogen (secondary N) is 1. The fraction of sp³-hybridized carbons (Fsp3) is 0.105. The van der Waals surface area contributed by atoms with Gasteiger partial charge in [0.1, 0.15) is 11.2 Å². The quantitative estimate of drug-likeness (QED) is 0.564. The molecule has 0 saturated carbocycles. The lowest BCUT2D eigenvalue weighted by Gasteiger charge is -2.07. The van der Waals surface area contributed by atoms with Gasteiger partial charge in [-0.15, -0.1) is 0 Å². The first-order valence-corrected chi connectivity index (χ1v) is 8.20. The maximum atomic E-state index is 12.8. The maximum Gasteiger partial charge on any atom is 0.246 e. The molecule has 2 heterocycles. The topological polar surface area (TPSA) is 63.6 Å².